The molecule has 114 valence electrons. The van der Waals surface area contributed by atoms with E-state index in [1.54, 1.807) is 29.4 Å². The summed E-state index contributed by atoms with van der Waals surface area (Å²) in [6, 6.07) is 14.5. The summed E-state index contributed by atoms with van der Waals surface area (Å²) in [5.74, 6) is 1.57. The molecule has 0 bridgehead atoms. The molecule has 4 aromatic rings. The Kier molecular flexibility index (Phi) is 3.85. The third-order valence-corrected chi connectivity index (χ3v) is 5.50. The number of rotatable bonds is 4. The first-order valence-corrected chi connectivity index (χ1v) is 8.95. The second-order valence-corrected chi connectivity index (χ2v) is 7.09. The van der Waals surface area contributed by atoms with Crippen molar-refractivity contribution in [1.29, 1.82) is 0 Å². The van der Waals surface area contributed by atoms with Gasteiger partial charge in [0, 0.05) is 16.3 Å². The van der Waals surface area contributed by atoms with Gasteiger partial charge in [-0.3, -0.25) is 0 Å². The van der Waals surface area contributed by atoms with E-state index in [9.17, 15) is 0 Å². The van der Waals surface area contributed by atoms with Gasteiger partial charge in [0.2, 0.25) is 0 Å². The number of hydrogen-bond acceptors (Lipinski definition) is 6. The van der Waals surface area contributed by atoms with Gasteiger partial charge in [-0.15, -0.1) is 11.3 Å². The molecular formula is C17H13N3OS2. The second-order valence-electron chi connectivity index (χ2n) is 5.10. The highest BCUT2D eigenvalue weighted by Gasteiger charge is 2.11. The Morgan fingerprint density at radius 2 is 2.00 bits per heavy atom. The van der Waals surface area contributed by atoms with E-state index in [0.717, 1.165) is 26.7 Å². The summed E-state index contributed by atoms with van der Waals surface area (Å²) < 4.78 is 5.26. The number of benzene rings is 1. The first-order valence-electron chi connectivity index (χ1n) is 7.14. The molecule has 0 spiro atoms. The molecule has 0 aliphatic carbocycles. The van der Waals surface area contributed by atoms with Crippen LogP contribution in [0.3, 0.4) is 0 Å². The molecule has 0 N–H and O–H groups in total. The van der Waals surface area contributed by atoms with Crippen molar-refractivity contribution >= 4 is 33.3 Å². The van der Waals surface area contributed by atoms with E-state index in [2.05, 4.69) is 33.3 Å². The van der Waals surface area contributed by atoms with E-state index >= 15 is 0 Å². The van der Waals surface area contributed by atoms with Crippen LogP contribution in [0.15, 0.2) is 58.3 Å². The molecule has 6 heteroatoms. The van der Waals surface area contributed by atoms with Crippen LogP contribution in [0.25, 0.3) is 20.7 Å². The Hall–Kier alpha value is -2.18. The van der Waals surface area contributed by atoms with Crippen LogP contribution < -0.4 is 0 Å². The van der Waals surface area contributed by atoms with Gasteiger partial charge in [-0.25, -0.2) is 9.97 Å². The molecule has 3 heterocycles. The quantitative estimate of drug-likeness (QED) is 0.389. The summed E-state index contributed by atoms with van der Waals surface area (Å²) in [5, 5.41) is 5.99. The fourth-order valence-corrected chi connectivity index (χ4v) is 4.23. The van der Waals surface area contributed by atoms with Crippen LogP contribution in [-0.2, 0) is 5.75 Å². The minimum atomic E-state index is 0.712. The van der Waals surface area contributed by atoms with Gasteiger partial charge in [0.1, 0.15) is 21.9 Å². The Bertz CT molecular complexity index is 947. The van der Waals surface area contributed by atoms with Crippen LogP contribution in [0.4, 0.5) is 0 Å². The molecule has 0 saturated carbocycles. The SMILES string of the molecule is Cc1cc(CSc2ncnc3sc(-c4ccccc4)cc23)on1. The number of fused-ring (bicyclic) bond motifs is 1. The van der Waals surface area contributed by atoms with E-state index in [0.29, 0.717) is 5.75 Å². The van der Waals surface area contributed by atoms with Gasteiger partial charge in [-0.2, -0.15) is 0 Å². The number of thiophene rings is 1. The molecule has 0 aliphatic heterocycles. The maximum atomic E-state index is 5.26. The maximum Gasteiger partial charge on any atom is 0.147 e. The van der Waals surface area contributed by atoms with Gasteiger partial charge in [-0.1, -0.05) is 47.3 Å². The average molecular weight is 339 g/mol. The van der Waals surface area contributed by atoms with Gasteiger partial charge in [0.15, 0.2) is 0 Å². The predicted molar refractivity (Wildman–Crippen MR) is 93.7 cm³/mol. The van der Waals surface area contributed by atoms with Gasteiger partial charge in [-0.05, 0) is 18.6 Å². The lowest BCUT2D eigenvalue weighted by Crippen LogP contribution is -1.84. The fourth-order valence-electron chi connectivity index (χ4n) is 2.32. The number of aryl methyl sites for hydroxylation is 1. The van der Waals surface area contributed by atoms with Gasteiger partial charge in [0.25, 0.3) is 0 Å². The summed E-state index contributed by atoms with van der Waals surface area (Å²) >= 11 is 3.34. The Balaban J connectivity index is 1.66. The van der Waals surface area contributed by atoms with Crippen LogP contribution >= 0.6 is 23.1 Å². The molecule has 4 nitrogen and oxygen atoms in total. The molecule has 4 rings (SSSR count). The van der Waals surface area contributed by atoms with E-state index in [4.69, 9.17) is 4.52 Å². The summed E-state index contributed by atoms with van der Waals surface area (Å²) in [4.78, 5) is 11.1. The van der Waals surface area contributed by atoms with Gasteiger partial charge < -0.3 is 4.52 Å². The number of aromatic nitrogens is 3. The third kappa shape index (κ3) is 3.00. The monoisotopic (exact) mass is 339 g/mol. The van der Waals surface area contributed by atoms with Crippen molar-refractivity contribution in [2.24, 2.45) is 0 Å². The zero-order valence-corrected chi connectivity index (χ0v) is 14.0. The minimum Gasteiger partial charge on any atom is -0.360 e. The lowest BCUT2D eigenvalue weighted by atomic mass is 10.2. The average Bonchev–Trinajstić information content (AvgIpc) is 3.20. The highest BCUT2D eigenvalue weighted by atomic mass is 32.2. The van der Waals surface area contributed by atoms with Crippen LogP contribution in [-0.4, -0.2) is 15.1 Å². The zero-order valence-electron chi connectivity index (χ0n) is 12.4. The zero-order chi connectivity index (χ0) is 15.6. The normalized spacial score (nSPS) is 11.2. The van der Waals surface area contributed by atoms with Crippen molar-refractivity contribution in [3.05, 3.63) is 60.2 Å². The minimum absolute atomic E-state index is 0.712. The van der Waals surface area contributed by atoms with Crippen LogP contribution in [0.1, 0.15) is 11.5 Å². The van der Waals surface area contributed by atoms with E-state index in [-0.39, 0.29) is 0 Å². The molecule has 0 fully saturated rings. The van der Waals surface area contributed by atoms with Gasteiger partial charge >= 0.3 is 0 Å². The predicted octanol–water partition coefficient (Wildman–Crippen LogP) is 4.95. The van der Waals surface area contributed by atoms with Crippen LogP contribution in [0.5, 0.6) is 0 Å². The summed E-state index contributed by atoms with van der Waals surface area (Å²) in [6.07, 6.45) is 1.63. The summed E-state index contributed by atoms with van der Waals surface area (Å²) in [6.45, 7) is 1.92. The lowest BCUT2D eigenvalue weighted by molar-refractivity contribution is 0.391. The number of thioether (sulfide) groups is 1. The molecule has 0 amide bonds. The van der Waals surface area contributed by atoms with E-state index in [1.165, 1.54) is 10.4 Å². The number of hydrogen-bond donors (Lipinski definition) is 0. The maximum absolute atomic E-state index is 5.26. The first kappa shape index (κ1) is 14.4. The molecular weight excluding hydrogens is 326 g/mol. The topological polar surface area (TPSA) is 51.8 Å². The molecule has 0 unspecified atom stereocenters. The molecule has 3 aromatic heterocycles. The largest absolute Gasteiger partial charge is 0.360 e. The smallest absolute Gasteiger partial charge is 0.147 e. The molecule has 0 atom stereocenters. The Morgan fingerprint density at radius 3 is 2.78 bits per heavy atom. The Morgan fingerprint density at radius 1 is 1.13 bits per heavy atom. The number of nitrogens with zero attached hydrogens (tertiary/aromatic N) is 3. The van der Waals surface area contributed by atoms with Crippen molar-refractivity contribution in [2.75, 3.05) is 0 Å². The summed E-state index contributed by atoms with van der Waals surface area (Å²) in [5.41, 5.74) is 2.10. The van der Waals surface area contributed by atoms with E-state index < -0.39 is 0 Å². The molecule has 0 radical (unpaired) electrons. The first-order chi connectivity index (χ1) is 11.3. The summed E-state index contributed by atoms with van der Waals surface area (Å²) in [7, 11) is 0. The standard InChI is InChI=1S/C17H13N3OS2/c1-11-7-13(21-20-11)9-22-16-14-8-15(12-5-3-2-4-6-12)23-17(14)19-10-18-16/h2-8,10H,9H2,1H3. The molecule has 1 aromatic carbocycles. The van der Waals surface area contributed by atoms with Crippen molar-refractivity contribution in [3.8, 4) is 10.4 Å². The van der Waals surface area contributed by atoms with Crippen molar-refractivity contribution in [3.63, 3.8) is 0 Å². The lowest BCUT2D eigenvalue weighted by Gasteiger charge is -1.99. The second kappa shape index (κ2) is 6.14. The molecule has 0 aliphatic rings. The molecule has 23 heavy (non-hydrogen) atoms. The van der Waals surface area contributed by atoms with Crippen molar-refractivity contribution in [2.45, 2.75) is 17.7 Å². The highest BCUT2D eigenvalue weighted by molar-refractivity contribution is 7.98. The van der Waals surface area contributed by atoms with Crippen molar-refractivity contribution in [1.82, 2.24) is 15.1 Å². The van der Waals surface area contributed by atoms with Crippen LogP contribution in [0.2, 0.25) is 0 Å². The fraction of sp³-hybridized carbons (Fsp3) is 0.118. The van der Waals surface area contributed by atoms with Crippen LogP contribution in [0, 0.1) is 6.92 Å². The molecule has 0 saturated heterocycles. The van der Waals surface area contributed by atoms with Gasteiger partial charge in [0.05, 0.1) is 11.4 Å². The Labute approximate surface area is 141 Å². The van der Waals surface area contributed by atoms with Crippen molar-refractivity contribution < 1.29 is 4.52 Å². The van der Waals surface area contributed by atoms with E-state index in [1.807, 2.05) is 31.2 Å². The highest BCUT2D eigenvalue weighted by Crippen LogP contribution is 2.36. The third-order valence-electron chi connectivity index (χ3n) is 3.38.